The number of carbonyl (C=O) groups is 1. The first-order chi connectivity index (χ1) is 10.4. The zero-order chi connectivity index (χ0) is 16.3. The molecule has 1 fully saturated rings. The van der Waals surface area contributed by atoms with E-state index in [4.69, 9.17) is 10.8 Å². The van der Waals surface area contributed by atoms with Crippen molar-refractivity contribution >= 4 is 16.0 Å². The van der Waals surface area contributed by atoms with E-state index in [-0.39, 0.29) is 24.5 Å². The Morgan fingerprint density at radius 1 is 1.23 bits per heavy atom. The summed E-state index contributed by atoms with van der Waals surface area (Å²) in [5.74, 6) is -0.975. The van der Waals surface area contributed by atoms with Crippen molar-refractivity contribution in [2.75, 3.05) is 32.7 Å². The minimum atomic E-state index is -3.53. The molecule has 1 aromatic rings. The average Bonchev–Trinajstić information content (AvgIpc) is 2.48. The highest BCUT2D eigenvalue weighted by atomic mass is 32.2. The van der Waals surface area contributed by atoms with Gasteiger partial charge in [0.1, 0.15) is 6.04 Å². The lowest BCUT2D eigenvalue weighted by Crippen LogP contribution is -2.55. The highest BCUT2D eigenvalue weighted by molar-refractivity contribution is 7.89. The van der Waals surface area contributed by atoms with Crippen LogP contribution < -0.4 is 5.73 Å². The fourth-order valence-corrected chi connectivity index (χ4v) is 3.94. The van der Waals surface area contributed by atoms with Gasteiger partial charge in [-0.15, -0.1) is 0 Å². The van der Waals surface area contributed by atoms with Gasteiger partial charge in [0.2, 0.25) is 10.0 Å². The van der Waals surface area contributed by atoms with Crippen LogP contribution in [0.1, 0.15) is 5.56 Å². The van der Waals surface area contributed by atoms with Gasteiger partial charge in [0.25, 0.3) is 0 Å². The number of rotatable bonds is 5. The number of nitrogens with zero attached hydrogens (tertiary/aromatic N) is 2. The molecule has 1 saturated heterocycles. The Morgan fingerprint density at radius 2 is 1.77 bits per heavy atom. The molecule has 3 N–H and O–H groups in total. The lowest BCUT2D eigenvalue weighted by molar-refractivity contribution is -0.143. The first-order valence-corrected chi connectivity index (χ1v) is 8.54. The first kappa shape index (κ1) is 16.9. The normalized spacial score (nSPS) is 19.0. The molecule has 0 saturated carbocycles. The van der Waals surface area contributed by atoms with E-state index in [0.717, 1.165) is 5.56 Å². The molecule has 0 aliphatic carbocycles. The molecule has 1 unspecified atom stereocenters. The largest absolute Gasteiger partial charge is 0.480 e. The van der Waals surface area contributed by atoms with Crippen molar-refractivity contribution in [3.63, 3.8) is 0 Å². The van der Waals surface area contributed by atoms with Crippen LogP contribution in [0.4, 0.5) is 0 Å². The molecule has 0 spiro atoms. The number of hydrogen-bond donors (Lipinski definition) is 2. The molecule has 122 valence electrons. The summed E-state index contributed by atoms with van der Waals surface area (Å²) >= 11 is 0. The molecule has 1 atom stereocenters. The fraction of sp³-hybridized carbons (Fsp3) is 0.500. The van der Waals surface area contributed by atoms with E-state index < -0.39 is 22.0 Å². The predicted octanol–water partition coefficient (Wildman–Crippen LogP) is -0.287. The molecule has 2 rings (SSSR count). The van der Waals surface area contributed by atoms with Gasteiger partial charge in [-0.25, -0.2) is 8.42 Å². The van der Waals surface area contributed by atoms with Gasteiger partial charge in [0.15, 0.2) is 0 Å². The smallest absolute Gasteiger partial charge is 0.322 e. The van der Waals surface area contributed by atoms with Crippen LogP contribution in [0.3, 0.4) is 0 Å². The summed E-state index contributed by atoms with van der Waals surface area (Å²) in [4.78, 5) is 13.1. The zero-order valence-electron chi connectivity index (χ0n) is 12.5. The number of aliphatic carboxylic acids is 1. The van der Waals surface area contributed by atoms with Gasteiger partial charge in [-0.2, -0.15) is 4.31 Å². The summed E-state index contributed by atoms with van der Waals surface area (Å²) in [5, 5.41) is 9.10. The van der Waals surface area contributed by atoms with Gasteiger partial charge < -0.3 is 10.8 Å². The van der Waals surface area contributed by atoms with Crippen LogP contribution in [0.15, 0.2) is 29.2 Å². The van der Waals surface area contributed by atoms with Gasteiger partial charge in [-0.05, 0) is 19.1 Å². The van der Waals surface area contributed by atoms with Crippen molar-refractivity contribution in [2.45, 2.75) is 17.9 Å². The fourth-order valence-electron chi connectivity index (χ4n) is 2.52. The standard InChI is InChI=1S/C14H21N3O4S/c1-11-2-4-12(5-3-11)22(20,21)17-8-6-16(7-9-17)13(10-15)14(18)19/h2-5,13H,6-10,15H2,1H3,(H,18,19). The molecule has 8 heteroatoms. The van der Waals surface area contributed by atoms with Crippen molar-refractivity contribution in [1.29, 1.82) is 0 Å². The molecular weight excluding hydrogens is 306 g/mol. The van der Waals surface area contributed by atoms with E-state index in [1.807, 2.05) is 6.92 Å². The Bertz CT molecular complexity index is 622. The lowest BCUT2D eigenvalue weighted by atomic mass is 10.2. The third-order valence-electron chi connectivity index (χ3n) is 3.88. The van der Waals surface area contributed by atoms with Crippen LogP contribution in [0.5, 0.6) is 0 Å². The minimum absolute atomic E-state index is 0.0139. The summed E-state index contributed by atoms with van der Waals surface area (Å²) in [6, 6.07) is 5.95. The van der Waals surface area contributed by atoms with E-state index in [9.17, 15) is 13.2 Å². The van der Waals surface area contributed by atoms with Crippen molar-refractivity contribution in [3.8, 4) is 0 Å². The minimum Gasteiger partial charge on any atom is -0.480 e. The second-order valence-corrected chi connectivity index (χ2v) is 7.28. The molecule has 1 heterocycles. The molecule has 22 heavy (non-hydrogen) atoms. The number of piperazine rings is 1. The number of nitrogens with two attached hydrogens (primary N) is 1. The molecule has 0 radical (unpaired) electrons. The van der Waals surface area contributed by atoms with Crippen LogP contribution in [0, 0.1) is 6.92 Å². The summed E-state index contributed by atoms with van der Waals surface area (Å²) in [6.07, 6.45) is 0. The Labute approximate surface area is 130 Å². The van der Waals surface area contributed by atoms with Crippen LogP contribution in [-0.4, -0.2) is 67.5 Å². The zero-order valence-corrected chi connectivity index (χ0v) is 13.3. The van der Waals surface area contributed by atoms with Crippen LogP contribution >= 0.6 is 0 Å². The summed E-state index contributed by atoms with van der Waals surface area (Å²) in [7, 11) is -3.53. The van der Waals surface area contributed by atoms with Crippen LogP contribution in [-0.2, 0) is 14.8 Å². The molecule has 1 aliphatic heterocycles. The second kappa shape index (κ2) is 6.74. The summed E-state index contributed by atoms with van der Waals surface area (Å²) in [6.45, 7) is 3.16. The van der Waals surface area contributed by atoms with E-state index in [1.165, 1.54) is 4.31 Å². The number of carboxylic acid groups (broad SMARTS) is 1. The third-order valence-corrected chi connectivity index (χ3v) is 5.79. The predicted molar refractivity (Wildman–Crippen MR) is 82.0 cm³/mol. The lowest BCUT2D eigenvalue weighted by Gasteiger charge is -2.36. The summed E-state index contributed by atoms with van der Waals surface area (Å²) < 4.78 is 26.5. The van der Waals surface area contributed by atoms with Crippen molar-refractivity contribution in [2.24, 2.45) is 5.73 Å². The number of carboxylic acids is 1. The quantitative estimate of drug-likeness (QED) is 0.770. The topological polar surface area (TPSA) is 104 Å². The van der Waals surface area contributed by atoms with Crippen molar-refractivity contribution in [3.05, 3.63) is 29.8 Å². The van der Waals surface area contributed by atoms with Crippen LogP contribution in [0.25, 0.3) is 0 Å². The number of hydrogen-bond acceptors (Lipinski definition) is 5. The molecule has 0 aromatic heterocycles. The number of sulfonamides is 1. The summed E-state index contributed by atoms with van der Waals surface area (Å²) in [5.41, 5.74) is 6.47. The number of benzene rings is 1. The van der Waals surface area contributed by atoms with E-state index >= 15 is 0 Å². The van der Waals surface area contributed by atoms with E-state index in [2.05, 4.69) is 0 Å². The maximum atomic E-state index is 12.5. The molecular formula is C14H21N3O4S. The van der Waals surface area contributed by atoms with E-state index in [1.54, 1.807) is 29.2 Å². The molecule has 0 amide bonds. The van der Waals surface area contributed by atoms with Gasteiger partial charge in [0, 0.05) is 32.7 Å². The van der Waals surface area contributed by atoms with Gasteiger partial charge >= 0.3 is 5.97 Å². The molecule has 7 nitrogen and oxygen atoms in total. The molecule has 1 aliphatic rings. The van der Waals surface area contributed by atoms with Crippen molar-refractivity contribution in [1.82, 2.24) is 9.21 Å². The monoisotopic (exact) mass is 327 g/mol. The average molecular weight is 327 g/mol. The third kappa shape index (κ3) is 3.46. The Kier molecular flexibility index (Phi) is 5.17. The maximum absolute atomic E-state index is 12.5. The van der Waals surface area contributed by atoms with Gasteiger partial charge in [0.05, 0.1) is 4.90 Å². The Balaban J connectivity index is 2.07. The van der Waals surface area contributed by atoms with Crippen molar-refractivity contribution < 1.29 is 18.3 Å². The Morgan fingerprint density at radius 3 is 2.23 bits per heavy atom. The Hall–Kier alpha value is -1.48. The van der Waals surface area contributed by atoms with Gasteiger partial charge in [-0.3, -0.25) is 9.69 Å². The highest BCUT2D eigenvalue weighted by Gasteiger charge is 2.32. The number of aryl methyl sites for hydroxylation is 1. The van der Waals surface area contributed by atoms with E-state index in [0.29, 0.717) is 13.1 Å². The second-order valence-electron chi connectivity index (χ2n) is 5.34. The highest BCUT2D eigenvalue weighted by Crippen LogP contribution is 2.18. The maximum Gasteiger partial charge on any atom is 0.322 e. The molecule has 0 bridgehead atoms. The van der Waals surface area contributed by atoms with Crippen LogP contribution in [0.2, 0.25) is 0 Å². The SMILES string of the molecule is Cc1ccc(S(=O)(=O)N2CCN(C(CN)C(=O)O)CC2)cc1. The molecule has 1 aromatic carbocycles. The first-order valence-electron chi connectivity index (χ1n) is 7.10. The van der Waals surface area contributed by atoms with Gasteiger partial charge in [-0.1, -0.05) is 17.7 Å².